The molecule has 3 atom stereocenters. The van der Waals surface area contributed by atoms with Gasteiger partial charge in [0.25, 0.3) is 0 Å². The summed E-state index contributed by atoms with van der Waals surface area (Å²) in [6, 6.07) is 34.3. The van der Waals surface area contributed by atoms with E-state index in [4.69, 9.17) is 9.47 Å². The Balaban J connectivity index is 1.36. The highest BCUT2D eigenvalue weighted by Crippen LogP contribution is 2.58. The van der Waals surface area contributed by atoms with Gasteiger partial charge < -0.3 is 14.4 Å². The van der Waals surface area contributed by atoms with E-state index >= 15 is 0 Å². The van der Waals surface area contributed by atoms with Crippen molar-refractivity contribution in [1.29, 1.82) is 0 Å². The van der Waals surface area contributed by atoms with Crippen molar-refractivity contribution in [3.63, 3.8) is 0 Å². The zero-order valence-corrected chi connectivity index (χ0v) is 25.7. The first-order valence-electron chi connectivity index (χ1n) is 15.3. The summed E-state index contributed by atoms with van der Waals surface area (Å²) < 4.78 is 10.8. The highest BCUT2D eigenvalue weighted by Gasteiger charge is 2.55. The molecule has 0 N–H and O–H groups in total. The van der Waals surface area contributed by atoms with Crippen LogP contribution in [0.15, 0.2) is 97.1 Å². The lowest BCUT2D eigenvalue weighted by molar-refractivity contribution is -0.161. The predicted molar refractivity (Wildman–Crippen MR) is 176 cm³/mol. The first kappa shape index (κ1) is 28.8. The number of ether oxygens (including phenoxy) is 2. The lowest BCUT2D eigenvalue weighted by atomic mass is 9.50. The number of hydrogen-bond donors (Lipinski definition) is 0. The second kappa shape index (κ2) is 11.8. The molecule has 0 bridgehead atoms. The summed E-state index contributed by atoms with van der Waals surface area (Å²) in [6.07, 6.45) is 9.26. The van der Waals surface area contributed by atoms with Crippen molar-refractivity contribution in [2.24, 2.45) is 11.3 Å². The Morgan fingerprint density at radius 2 is 1.42 bits per heavy atom. The standard InChI is InChI=1S/C39H41NO3/c1-38-25-8-26-39(2,37(41)43-4)36(38)24-15-30-27-33(20-23-35(30)38)40(32-18-21-34(42-3)22-19-32)31-16-13-29(14-17-31)12-11-28-9-6-5-7-10-28/h5-7,9-14,16-23,27,36H,8,15,24-26H2,1-4H3/b12-11+/t36-,38-,39-/m1/s1. The van der Waals surface area contributed by atoms with E-state index in [1.54, 1.807) is 7.11 Å². The number of benzene rings is 4. The summed E-state index contributed by atoms with van der Waals surface area (Å²) in [6.45, 7) is 4.50. The molecule has 0 heterocycles. The number of hydrogen-bond acceptors (Lipinski definition) is 4. The van der Waals surface area contributed by atoms with Gasteiger partial charge in [-0.05, 0) is 115 Å². The third kappa shape index (κ3) is 5.35. The number of esters is 1. The van der Waals surface area contributed by atoms with Crippen LogP contribution in [0.5, 0.6) is 5.75 Å². The van der Waals surface area contributed by atoms with E-state index in [1.165, 1.54) is 23.8 Å². The Morgan fingerprint density at radius 3 is 2.07 bits per heavy atom. The summed E-state index contributed by atoms with van der Waals surface area (Å²) in [5, 5.41) is 0. The summed E-state index contributed by atoms with van der Waals surface area (Å²) in [5.41, 5.74) is 7.91. The van der Waals surface area contributed by atoms with Crippen LogP contribution in [0.3, 0.4) is 0 Å². The number of nitrogens with zero attached hydrogens (tertiary/aromatic N) is 1. The number of aryl methyl sites for hydroxylation is 1. The van der Waals surface area contributed by atoms with Gasteiger partial charge in [0.1, 0.15) is 5.75 Å². The van der Waals surface area contributed by atoms with Gasteiger partial charge in [-0.15, -0.1) is 0 Å². The normalized spacial score (nSPS) is 22.8. The van der Waals surface area contributed by atoms with Gasteiger partial charge in [0.05, 0.1) is 19.6 Å². The van der Waals surface area contributed by atoms with E-state index in [0.29, 0.717) is 0 Å². The molecule has 0 aromatic heterocycles. The van der Waals surface area contributed by atoms with Crippen LogP contribution in [-0.4, -0.2) is 20.2 Å². The van der Waals surface area contributed by atoms with Crippen molar-refractivity contribution in [1.82, 2.24) is 0 Å². The minimum absolute atomic E-state index is 0.0506. The number of fused-ring (bicyclic) bond motifs is 3. The number of carbonyl (C=O) groups is 1. The molecule has 2 aliphatic carbocycles. The van der Waals surface area contributed by atoms with Crippen LogP contribution in [0.1, 0.15) is 61.8 Å². The van der Waals surface area contributed by atoms with Crippen LogP contribution in [0, 0.1) is 11.3 Å². The van der Waals surface area contributed by atoms with Crippen LogP contribution >= 0.6 is 0 Å². The number of carbonyl (C=O) groups excluding carboxylic acids is 1. The second-order valence-corrected chi connectivity index (χ2v) is 12.5. The SMILES string of the molecule is COC(=O)[C@]1(C)CCC[C@]2(C)c3ccc(N(c4ccc(/C=C/c5ccccc5)cc4)c4ccc(OC)cc4)cc3CC[C@@H]12. The van der Waals surface area contributed by atoms with Crippen molar-refractivity contribution < 1.29 is 14.3 Å². The van der Waals surface area contributed by atoms with Crippen LogP contribution in [-0.2, 0) is 21.4 Å². The van der Waals surface area contributed by atoms with Crippen LogP contribution in [0.25, 0.3) is 12.2 Å². The maximum atomic E-state index is 13.0. The fraction of sp³-hybridized carbons (Fsp3) is 0.308. The molecule has 4 aromatic carbocycles. The highest BCUT2D eigenvalue weighted by atomic mass is 16.5. The maximum absolute atomic E-state index is 13.0. The molecule has 0 spiro atoms. The molecule has 4 heteroatoms. The van der Waals surface area contributed by atoms with E-state index in [9.17, 15) is 4.79 Å². The van der Waals surface area contributed by atoms with E-state index < -0.39 is 5.41 Å². The fourth-order valence-corrected chi connectivity index (χ4v) is 7.76. The first-order valence-corrected chi connectivity index (χ1v) is 15.3. The van der Waals surface area contributed by atoms with E-state index in [0.717, 1.165) is 60.5 Å². The quantitative estimate of drug-likeness (QED) is 0.164. The van der Waals surface area contributed by atoms with Crippen molar-refractivity contribution in [3.8, 4) is 5.75 Å². The summed E-state index contributed by atoms with van der Waals surface area (Å²) in [4.78, 5) is 15.3. The number of rotatable bonds is 7. The monoisotopic (exact) mass is 571 g/mol. The molecule has 1 fully saturated rings. The molecule has 43 heavy (non-hydrogen) atoms. The van der Waals surface area contributed by atoms with Gasteiger partial charge in [0.15, 0.2) is 0 Å². The molecule has 220 valence electrons. The molecule has 6 rings (SSSR count). The Morgan fingerprint density at radius 1 is 0.791 bits per heavy atom. The maximum Gasteiger partial charge on any atom is 0.311 e. The Bertz CT molecular complexity index is 1610. The van der Waals surface area contributed by atoms with Gasteiger partial charge >= 0.3 is 5.97 Å². The van der Waals surface area contributed by atoms with Gasteiger partial charge in [-0.2, -0.15) is 0 Å². The van der Waals surface area contributed by atoms with Crippen molar-refractivity contribution >= 4 is 35.2 Å². The van der Waals surface area contributed by atoms with Gasteiger partial charge in [-0.3, -0.25) is 4.79 Å². The number of anilines is 3. The fourth-order valence-electron chi connectivity index (χ4n) is 7.76. The van der Waals surface area contributed by atoms with Crippen LogP contribution in [0.4, 0.5) is 17.1 Å². The molecule has 0 aliphatic heterocycles. The molecule has 2 aliphatic rings. The van der Waals surface area contributed by atoms with Gasteiger partial charge in [-0.1, -0.05) is 74.0 Å². The summed E-state index contributed by atoms with van der Waals surface area (Å²) in [7, 11) is 3.23. The zero-order chi connectivity index (χ0) is 30.0. The lowest BCUT2D eigenvalue weighted by Gasteiger charge is -2.54. The largest absolute Gasteiger partial charge is 0.497 e. The molecular formula is C39H41NO3. The first-order chi connectivity index (χ1) is 20.9. The molecule has 0 unspecified atom stereocenters. The number of methoxy groups -OCH3 is 2. The third-order valence-electron chi connectivity index (χ3n) is 10.00. The predicted octanol–water partition coefficient (Wildman–Crippen LogP) is 9.52. The Kier molecular flexibility index (Phi) is 7.87. The second-order valence-electron chi connectivity index (χ2n) is 12.5. The van der Waals surface area contributed by atoms with E-state index in [1.807, 2.05) is 18.2 Å². The van der Waals surface area contributed by atoms with E-state index in [-0.39, 0.29) is 17.3 Å². The smallest absolute Gasteiger partial charge is 0.311 e. The topological polar surface area (TPSA) is 38.8 Å². The lowest BCUT2D eigenvalue weighted by Crippen LogP contribution is -2.52. The van der Waals surface area contributed by atoms with Crippen molar-refractivity contribution in [3.05, 3.63) is 119 Å². The summed E-state index contributed by atoms with van der Waals surface area (Å²) in [5.74, 6) is 1.05. The van der Waals surface area contributed by atoms with E-state index in [2.05, 4.69) is 110 Å². The van der Waals surface area contributed by atoms with Crippen LogP contribution < -0.4 is 9.64 Å². The molecule has 0 saturated heterocycles. The molecular weight excluding hydrogens is 530 g/mol. The molecule has 4 aromatic rings. The van der Waals surface area contributed by atoms with Crippen molar-refractivity contribution in [2.45, 2.75) is 51.4 Å². The zero-order valence-electron chi connectivity index (χ0n) is 25.7. The average Bonchev–Trinajstić information content (AvgIpc) is 3.04. The van der Waals surface area contributed by atoms with Gasteiger partial charge in [-0.25, -0.2) is 0 Å². The molecule has 1 saturated carbocycles. The molecule has 0 amide bonds. The van der Waals surface area contributed by atoms with Gasteiger partial charge in [0, 0.05) is 17.1 Å². The van der Waals surface area contributed by atoms with Crippen LogP contribution in [0.2, 0.25) is 0 Å². The Labute approximate surface area is 256 Å². The average molecular weight is 572 g/mol. The molecule has 4 nitrogen and oxygen atoms in total. The molecule has 0 radical (unpaired) electrons. The minimum Gasteiger partial charge on any atom is -0.497 e. The van der Waals surface area contributed by atoms with Crippen molar-refractivity contribution in [2.75, 3.05) is 19.1 Å². The summed E-state index contributed by atoms with van der Waals surface area (Å²) >= 11 is 0. The minimum atomic E-state index is -0.441. The van der Waals surface area contributed by atoms with Gasteiger partial charge in [0.2, 0.25) is 0 Å². The highest BCUT2D eigenvalue weighted by molar-refractivity contribution is 5.80. The third-order valence-corrected chi connectivity index (χ3v) is 10.00. The Hall–Kier alpha value is -4.31.